The van der Waals surface area contributed by atoms with Crippen LogP contribution in [0.1, 0.15) is 364 Å². The van der Waals surface area contributed by atoms with Gasteiger partial charge in [-0.1, -0.05) is 150 Å². The molecule has 0 N–H and O–H groups in total. The van der Waals surface area contributed by atoms with Crippen molar-refractivity contribution in [3.8, 4) is 0 Å². The Bertz CT molecular complexity index is 1410. The first kappa shape index (κ1) is 139. The van der Waals surface area contributed by atoms with Crippen molar-refractivity contribution in [1.82, 2.24) is 0 Å². The van der Waals surface area contributed by atoms with Gasteiger partial charge in [-0.3, -0.25) is 0 Å². The summed E-state index contributed by atoms with van der Waals surface area (Å²) in [6, 6.07) is 0. The molecule has 0 aromatic rings. The SMILES string of the molecule is C.CC(C)C.CC(C)OC(C)(C)C.CC(C)OC(C)(F)F.CC(C)OC(C)(F)F.CC(C)OC(C)C.CC(C)OC(C)C(F)(F)F.CC(C)OC(C)F.CC(C)S(C)(=O)=O.CCC(C)C.CCCC(C)C.CCCCC(C)C.CCCOC(C)C.CCOC(C)C.COC(C)C.CSC(C)C. The van der Waals surface area contributed by atoms with Gasteiger partial charge in [0.15, 0.2) is 12.5 Å². The molecule has 0 amide bonds. The van der Waals surface area contributed by atoms with Crippen LogP contribution in [0.3, 0.4) is 0 Å². The summed E-state index contributed by atoms with van der Waals surface area (Å²) in [4.78, 5) is 0. The quantitative estimate of drug-likeness (QED) is 0.0810. The molecule has 101 heavy (non-hydrogen) atoms. The zero-order chi connectivity index (χ0) is 84.3. The number of methoxy groups -OCH3 is 1. The molecule has 21 heteroatoms. The number of rotatable bonds is 25. The van der Waals surface area contributed by atoms with Gasteiger partial charge in [-0.15, -0.1) is 0 Å². The number of thioether (sulfide) groups is 1. The van der Waals surface area contributed by atoms with Crippen molar-refractivity contribution in [3.05, 3.63) is 0 Å². The third-order valence-corrected chi connectivity index (χ3v) is 11.8. The van der Waals surface area contributed by atoms with Crippen molar-refractivity contribution >= 4 is 21.6 Å². The lowest BCUT2D eigenvalue weighted by Gasteiger charge is -2.22. The maximum absolute atomic E-state index is 11.8. The molecule has 0 aliphatic carbocycles. The number of hydrogen-bond acceptors (Lipinski definition) is 12. The second kappa shape index (κ2) is 91.8. The molecule has 0 aliphatic rings. The number of hydrogen-bond donors (Lipinski definition) is 0. The molecular weight excluding hydrogens is 1350 g/mol. The van der Waals surface area contributed by atoms with E-state index in [2.05, 4.69) is 164 Å². The van der Waals surface area contributed by atoms with Gasteiger partial charge in [-0.25, -0.2) is 12.8 Å². The molecular formula is C80H184F8O11S2. The van der Waals surface area contributed by atoms with Crippen LogP contribution in [0.4, 0.5) is 35.1 Å². The van der Waals surface area contributed by atoms with Gasteiger partial charge in [0.05, 0.1) is 71.9 Å². The molecule has 0 radical (unpaired) electrons. The summed E-state index contributed by atoms with van der Waals surface area (Å²) >= 11 is 1.88. The largest absolute Gasteiger partial charge is 0.414 e. The van der Waals surface area contributed by atoms with E-state index in [0.29, 0.717) is 36.6 Å². The second-order valence-corrected chi connectivity index (χ2v) is 33.7. The van der Waals surface area contributed by atoms with Gasteiger partial charge >= 0.3 is 18.4 Å². The molecule has 638 valence electrons. The van der Waals surface area contributed by atoms with Crippen molar-refractivity contribution in [2.75, 3.05) is 32.8 Å². The van der Waals surface area contributed by atoms with Crippen molar-refractivity contribution < 1.29 is 86.2 Å². The first-order valence-corrected chi connectivity index (χ1v) is 40.6. The summed E-state index contributed by atoms with van der Waals surface area (Å²) in [5.41, 5.74) is 0.0220. The standard InChI is InChI=1S/C7H16O.C7H16.C6H11F3O.2C6H14O.C6H14.2C5H10F2O.C5H11FO.C5H12O.C5H12.C4H10O2S.C4H10O.C4H10S.C4H10.CH4/c1-6(2)8-7(3,4)5;1-4-5-6-7(2)3;1-4(2)10-5(3)6(7,8)9;1-5(2)7-6(3)4;1-4-5-7-6(2)3;1-4-5-6(2)3;2*1-4(2)8-5(3,6)7;1-4(2)7-5(3)6;1-4-6-5(2)3;1-4-5(2)3;1-4(2)7(3,5)6;2*1-4(2)5-3;1-4(2)3;/h6H,1-5H3;7H,4-6H2,1-3H3;4-5H,1-3H3;5-6H,1-4H3;6H,4-5H2,1-3H3;6H,4-5H2,1-3H3;2*4H,1-3H3;4-5H,1-3H3;5H,4H2,1-3H3;5H,4H2,1-3H3;4H,1-3H3;2*4H,1-3H3;4H,1-3H3;1H4. The van der Waals surface area contributed by atoms with Gasteiger partial charge in [-0.05, 0) is 235 Å². The highest BCUT2D eigenvalue weighted by atomic mass is 32.2. The van der Waals surface area contributed by atoms with Crippen LogP contribution in [0.5, 0.6) is 0 Å². The monoisotopic (exact) mass is 1540 g/mol. The van der Waals surface area contributed by atoms with E-state index < -0.39 is 52.9 Å². The lowest BCUT2D eigenvalue weighted by atomic mass is 10.1. The molecule has 2 unspecified atom stereocenters. The lowest BCUT2D eigenvalue weighted by Crippen LogP contribution is -2.30. The molecule has 0 bridgehead atoms. The third-order valence-electron chi connectivity index (χ3n) is 9.19. The van der Waals surface area contributed by atoms with Gasteiger partial charge in [-0.2, -0.15) is 42.5 Å². The summed E-state index contributed by atoms with van der Waals surface area (Å²) in [5.74, 6) is 3.52. The topological polar surface area (TPSA) is 117 Å². The van der Waals surface area contributed by atoms with Gasteiger partial charge < -0.3 is 42.6 Å². The Balaban J connectivity index is -0.0000000549. The Kier molecular flexibility index (Phi) is 127. The fourth-order valence-electron chi connectivity index (χ4n) is 4.82. The summed E-state index contributed by atoms with van der Waals surface area (Å²) in [6.07, 6.45) is 0.742. The first-order valence-electron chi connectivity index (χ1n) is 37.3. The van der Waals surface area contributed by atoms with E-state index in [9.17, 15) is 43.5 Å². The zero-order valence-electron chi connectivity index (χ0n) is 75.1. The van der Waals surface area contributed by atoms with Crippen LogP contribution >= 0.6 is 11.8 Å². The number of unbranched alkanes of at least 4 members (excludes halogenated alkanes) is 1. The molecule has 0 heterocycles. The smallest absolute Gasteiger partial charge is 0.382 e. The van der Waals surface area contributed by atoms with Crippen LogP contribution in [-0.2, 0) is 52.5 Å². The molecule has 0 aliphatic heterocycles. The molecule has 2 atom stereocenters. The predicted octanol–water partition coefficient (Wildman–Crippen LogP) is 28.3. The Hall–Kier alpha value is -0.620. The Labute approximate surface area is 633 Å². The van der Waals surface area contributed by atoms with Gasteiger partial charge in [0.1, 0.15) is 9.84 Å². The number of alkyl halides is 8. The molecule has 0 spiro atoms. The molecule has 0 fully saturated rings. The van der Waals surface area contributed by atoms with Gasteiger partial charge in [0, 0.05) is 40.4 Å². The van der Waals surface area contributed by atoms with Crippen LogP contribution in [0.25, 0.3) is 0 Å². The van der Waals surface area contributed by atoms with Crippen LogP contribution in [0.15, 0.2) is 0 Å². The van der Waals surface area contributed by atoms with Crippen molar-refractivity contribution in [2.45, 2.75) is 472 Å². The average molecular weight is 1540 g/mol. The Morgan fingerprint density at radius 2 is 0.683 bits per heavy atom. The maximum atomic E-state index is 11.8. The highest BCUT2D eigenvalue weighted by Crippen LogP contribution is 2.23. The van der Waals surface area contributed by atoms with E-state index in [1.165, 1.54) is 51.7 Å². The van der Waals surface area contributed by atoms with E-state index in [1.54, 1.807) is 76.3 Å². The second-order valence-electron chi connectivity index (χ2n) is 29.7. The van der Waals surface area contributed by atoms with Crippen molar-refractivity contribution in [3.63, 3.8) is 0 Å². The minimum Gasteiger partial charge on any atom is -0.382 e. The summed E-state index contributed by atoms with van der Waals surface area (Å²) < 4.78 is 157. The summed E-state index contributed by atoms with van der Waals surface area (Å²) in [5, 5.41) is 0.572. The summed E-state index contributed by atoms with van der Waals surface area (Å²) in [6.45, 7) is 87.7. The molecule has 11 nitrogen and oxygen atoms in total. The minimum absolute atomic E-state index is 0. The van der Waals surface area contributed by atoms with Gasteiger partial charge in [0.25, 0.3) is 0 Å². The molecule has 0 aromatic heterocycles. The number of sulfone groups is 1. The van der Waals surface area contributed by atoms with E-state index in [1.807, 2.05) is 87.9 Å². The zero-order valence-corrected chi connectivity index (χ0v) is 76.7. The van der Waals surface area contributed by atoms with Gasteiger partial charge in [0.2, 0.25) is 0 Å². The maximum Gasteiger partial charge on any atom is 0.414 e. The summed E-state index contributed by atoms with van der Waals surface area (Å²) in [7, 11) is -1.04. The Morgan fingerprint density at radius 1 is 0.406 bits per heavy atom. The molecule has 0 aromatic carbocycles. The van der Waals surface area contributed by atoms with Crippen LogP contribution < -0.4 is 0 Å². The van der Waals surface area contributed by atoms with Crippen LogP contribution in [0, 0.1) is 23.7 Å². The average Bonchev–Trinajstić information content (AvgIpc) is 1.00. The first-order chi connectivity index (χ1) is 44.4. The number of halogens is 8. The molecule has 0 saturated carbocycles. The van der Waals surface area contributed by atoms with Crippen LogP contribution in [0.2, 0.25) is 0 Å². The fraction of sp³-hybridized carbons (Fsp3) is 1.00. The lowest BCUT2D eigenvalue weighted by molar-refractivity contribution is -0.243. The Morgan fingerprint density at radius 3 is 0.713 bits per heavy atom. The van der Waals surface area contributed by atoms with E-state index in [-0.39, 0.29) is 30.5 Å². The minimum atomic E-state index is -4.23. The van der Waals surface area contributed by atoms with Crippen molar-refractivity contribution in [1.29, 1.82) is 0 Å². The molecule has 0 rings (SSSR count). The number of ether oxygens (including phenoxy) is 9. The molecule has 0 saturated heterocycles. The highest BCUT2D eigenvalue weighted by Gasteiger charge is 2.37. The predicted molar refractivity (Wildman–Crippen MR) is 435 cm³/mol. The third kappa shape index (κ3) is 277. The fourth-order valence-corrected chi connectivity index (χ4v) is 4.82. The van der Waals surface area contributed by atoms with E-state index in [0.717, 1.165) is 69.3 Å². The van der Waals surface area contributed by atoms with Crippen LogP contribution in [-0.4, -0.2) is 149 Å². The highest BCUT2D eigenvalue weighted by molar-refractivity contribution is 7.99. The van der Waals surface area contributed by atoms with E-state index in [4.69, 9.17) is 23.7 Å². The van der Waals surface area contributed by atoms with E-state index >= 15 is 0 Å². The van der Waals surface area contributed by atoms with Crippen molar-refractivity contribution in [2.24, 2.45) is 23.7 Å². The normalized spacial score (nSPS) is 11.7.